The SMILES string of the molecule is CCCCCCCCCCCC/C=C/C(O)C(CO)NC(=O)CCCCCCCCCCCCCCCCCCCCCCCCCCCCCCCCCCCOC(=O)CCCCCCCCCCCCCCCCCCC. The molecule has 0 spiro atoms. The Bertz CT molecular complexity index is 1190. The van der Waals surface area contributed by atoms with Gasteiger partial charge in [0.15, 0.2) is 0 Å². The molecule has 0 aliphatic heterocycles. The van der Waals surface area contributed by atoms with Crippen LogP contribution in [0.2, 0.25) is 0 Å². The lowest BCUT2D eigenvalue weighted by Gasteiger charge is -2.20. The van der Waals surface area contributed by atoms with Crippen molar-refractivity contribution in [2.45, 2.75) is 431 Å². The van der Waals surface area contributed by atoms with Crippen LogP contribution in [-0.2, 0) is 14.3 Å². The molecular formula is C73H143NO5. The van der Waals surface area contributed by atoms with E-state index in [4.69, 9.17) is 4.74 Å². The Morgan fingerprint density at radius 1 is 0.342 bits per heavy atom. The first-order valence-corrected chi connectivity index (χ1v) is 36.5. The highest BCUT2D eigenvalue weighted by Gasteiger charge is 2.18. The number of rotatable bonds is 69. The fourth-order valence-electron chi connectivity index (χ4n) is 11.8. The van der Waals surface area contributed by atoms with Crippen molar-refractivity contribution < 1.29 is 24.5 Å². The van der Waals surface area contributed by atoms with E-state index in [0.29, 0.717) is 19.4 Å². The lowest BCUT2D eigenvalue weighted by Crippen LogP contribution is -2.45. The summed E-state index contributed by atoms with van der Waals surface area (Å²) in [5.41, 5.74) is 0. The Balaban J connectivity index is 3.29. The van der Waals surface area contributed by atoms with Crippen molar-refractivity contribution >= 4 is 11.9 Å². The highest BCUT2D eigenvalue weighted by Crippen LogP contribution is 2.20. The van der Waals surface area contributed by atoms with Crippen LogP contribution >= 0.6 is 0 Å². The molecule has 0 heterocycles. The molecule has 6 nitrogen and oxygen atoms in total. The minimum atomic E-state index is -0.839. The topological polar surface area (TPSA) is 95.9 Å². The van der Waals surface area contributed by atoms with Crippen LogP contribution in [0.3, 0.4) is 0 Å². The van der Waals surface area contributed by atoms with Crippen LogP contribution in [0, 0.1) is 0 Å². The van der Waals surface area contributed by atoms with Gasteiger partial charge in [0.25, 0.3) is 0 Å². The van der Waals surface area contributed by atoms with Crippen LogP contribution in [0.5, 0.6) is 0 Å². The van der Waals surface area contributed by atoms with E-state index in [-0.39, 0.29) is 18.5 Å². The van der Waals surface area contributed by atoms with Crippen molar-refractivity contribution in [3.8, 4) is 0 Å². The Morgan fingerprint density at radius 2 is 0.582 bits per heavy atom. The van der Waals surface area contributed by atoms with Gasteiger partial charge in [0.2, 0.25) is 5.91 Å². The number of hydrogen-bond acceptors (Lipinski definition) is 5. The third-order valence-corrected chi connectivity index (χ3v) is 17.3. The van der Waals surface area contributed by atoms with E-state index in [1.165, 1.54) is 353 Å². The predicted octanol–water partition coefficient (Wildman–Crippen LogP) is 23.5. The number of unbranched alkanes of at least 4 members (excludes halogenated alkanes) is 58. The minimum Gasteiger partial charge on any atom is -0.466 e. The molecule has 0 saturated carbocycles. The van der Waals surface area contributed by atoms with Crippen molar-refractivity contribution in [3.63, 3.8) is 0 Å². The Labute approximate surface area is 495 Å². The molecule has 0 aromatic rings. The van der Waals surface area contributed by atoms with E-state index in [9.17, 15) is 19.8 Å². The maximum atomic E-state index is 12.5. The van der Waals surface area contributed by atoms with E-state index in [2.05, 4.69) is 19.2 Å². The van der Waals surface area contributed by atoms with E-state index < -0.39 is 12.1 Å². The van der Waals surface area contributed by atoms with Gasteiger partial charge in [-0.1, -0.05) is 386 Å². The molecule has 0 radical (unpaired) electrons. The van der Waals surface area contributed by atoms with Gasteiger partial charge in [0.1, 0.15) is 0 Å². The van der Waals surface area contributed by atoms with E-state index >= 15 is 0 Å². The number of ether oxygens (including phenoxy) is 1. The summed E-state index contributed by atoms with van der Waals surface area (Å²) in [6, 6.07) is -0.622. The fourth-order valence-corrected chi connectivity index (χ4v) is 11.8. The zero-order valence-electron chi connectivity index (χ0n) is 53.9. The van der Waals surface area contributed by atoms with Crippen molar-refractivity contribution in [1.82, 2.24) is 5.32 Å². The first-order chi connectivity index (χ1) is 39.0. The number of carbonyl (C=O) groups is 2. The standard InChI is InChI=1S/C73H143NO5/c1-3-5-7-9-11-13-15-17-18-36-40-43-47-51-55-59-63-67-73(78)79-68-64-60-56-52-48-44-41-38-35-33-31-29-27-25-23-21-19-20-22-24-26-28-30-32-34-37-39-42-46-50-54-58-62-66-72(77)74-70(69-75)71(76)65-61-57-53-49-45-16-14-12-10-8-6-4-2/h61,65,70-71,75-76H,3-60,62-64,66-69H2,1-2H3,(H,74,77)/b65-61+. The highest BCUT2D eigenvalue weighted by atomic mass is 16.5. The molecule has 0 fully saturated rings. The lowest BCUT2D eigenvalue weighted by atomic mass is 10.0. The van der Waals surface area contributed by atoms with Gasteiger partial charge in [-0.25, -0.2) is 0 Å². The summed E-state index contributed by atoms with van der Waals surface area (Å²) >= 11 is 0. The van der Waals surface area contributed by atoms with E-state index in [1.807, 2.05) is 6.08 Å². The van der Waals surface area contributed by atoms with E-state index in [0.717, 1.165) is 38.5 Å². The van der Waals surface area contributed by atoms with Gasteiger partial charge < -0.3 is 20.3 Å². The lowest BCUT2D eigenvalue weighted by molar-refractivity contribution is -0.143. The molecule has 1 amide bonds. The summed E-state index contributed by atoms with van der Waals surface area (Å²) in [6.45, 7) is 4.94. The quantitative estimate of drug-likeness (QED) is 0.0320. The Hall–Kier alpha value is -1.40. The smallest absolute Gasteiger partial charge is 0.305 e. The minimum absolute atomic E-state index is 0.0263. The molecule has 470 valence electrons. The second-order valence-corrected chi connectivity index (χ2v) is 25.3. The molecule has 0 bridgehead atoms. The van der Waals surface area contributed by atoms with Gasteiger partial charge in [-0.15, -0.1) is 0 Å². The maximum absolute atomic E-state index is 12.5. The van der Waals surface area contributed by atoms with Crippen LogP contribution in [0.15, 0.2) is 12.2 Å². The largest absolute Gasteiger partial charge is 0.466 e. The average Bonchev–Trinajstić information content (AvgIpc) is 3.45. The normalized spacial score (nSPS) is 12.5. The molecule has 0 aliphatic rings. The van der Waals surface area contributed by atoms with Crippen molar-refractivity contribution in [2.24, 2.45) is 0 Å². The molecule has 0 aliphatic carbocycles. The summed E-state index contributed by atoms with van der Waals surface area (Å²) in [6.07, 6.45) is 86.0. The number of esters is 1. The predicted molar refractivity (Wildman–Crippen MR) is 347 cm³/mol. The molecule has 79 heavy (non-hydrogen) atoms. The number of amides is 1. The number of allylic oxidation sites excluding steroid dienone is 1. The maximum Gasteiger partial charge on any atom is 0.305 e. The molecule has 6 heteroatoms. The van der Waals surface area contributed by atoms with Crippen LogP contribution in [-0.4, -0.2) is 47.4 Å². The monoisotopic (exact) mass is 1110 g/mol. The number of aliphatic hydroxyl groups excluding tert-OH is 2. The highest BCUT2D eigenvalue weighted by molar-refractivity contribution is 5.76. The molecule has 2 unspecified atom stereocenters. The van der Waals surface area contributed by atoms with Crippen molar-refractivity contribution in [2.75, 3.05) is 13.2 Å². The zero-order valence-corrected chi connectivity index (χ0v) is 53.9. The molecule has 0 aromatic carbocycles. The zero-order chi connectivity index (χ0) is 57.1. The van der Waals surface area contributed by atoms with Gasteiger partial charge in [0, 0.05) is 12.8 Å². The molecular weight excluding hydrogens is 971 g/mol. The molecule has 0 saturated heterocycles. The first-order valence-electron chi connectivity index (χ1n) is 36.5. The van der Waals surface area contributed by atoms with Crippen LogP contribution in [0.25, 0.3) is 0 Å². The molecule has 0 aromatic heterocycles. The second kappa shape index (κ2) is 69.1. The van der Waals surface area contributed by atoms with Gasteiger partial charge in [-0.3, -0.25) is 9.59 Å². The third-order valence-electron chi connectivity index (χ3n) is 17.3. The average molecular weight is 1110 g/mol. The summed E-state index contributed by atoms with van der Waals surface area (Å²) in [5.74, 6) is -0.0353. The molecule has 2 atom stereocenters. The third kappa shape index (κ3) is 65.6. The number of aliphatic hydroxyl groups is 2. The van der Waals surface area contributed by atoms with E-state index in [1.54, 1.807) is 6.08 Å². The van der Waals surface area contributed by atoms with Crippen LogP contribution in [0.1, 0.15) is 418 Å². The molecule has 3 N–H and O–H groups in total. The van der Waals surface area contributed by atoms with Crippen molar-refractivity contribution in [1.29, 1.82) is 0 Å². The summed E-state index contributed by atoms with van der Waals surface area (Å²) in [5, 5.41) is 23.1. The van der Waals surface area contributed by atoms with Gasteiger partial charge in [0.05, 0.1) is 25.4 Å². The molecule has 0 rings (SSSR count). The summed E-state index contributed by atoms with van der Waals surface area (Å²) in [4.78, 5) is 24.6. The number of nitrogens with one attached hydrogen (secondary N) is 1. The fraction of sp³-hybridized carbons (Fsp3) is 0.945. The Morgan fingerprint density at radius 3 is 0.861 bits per heavy atom. The summed E-state index contributed by atoms with van der Waals surface area (Å²) in [7, 11) is 0. The number of hydrogen-bond donors (Lipinski definition) is 3. The van der Waals surface area contributed by atoms with Crippen LogP contribution in [0.4, 0.5) is 0 Å². The second-order valence-electron chi connectivity index (χ2n) is 25.3. The number of carbonyl (C=O) groups excluding carboxylic acids is 2. The van der Waals surface area contributed by atoms with Crippen molar-refractivity contribution in [3.05, 3.63) is 12.2 Å². The summed E-state index contributed by atoms with van der Waals surface area (Å²) < 4.78 is 5.51. The van der Waals surface area contributed by atoms with Gasteiger partial charge in [-0.2, -0.15) is 0 Å². The Kier molecular flexibility index (Phi) is 67.9. The van der Waals surface area contributed by atoms with Crippen LogP contribution < -0.4 is 5.32 Å². The first kappa shape index (κ1) is 77.6. The van der Waals surface area contributed by atoms with Gasteiger partial charge in [-0.05, 0) is 32.1 Å². The van der Waals surface area contributed by atoms with Gasteiger partial charge >= 0.3 is 5.97 Å².